The van der Waals surface area contributed by atoms with Crippen molar-refractivity contribution in [3.63, 3.8) is 0 Å². The fraction of sp³-hybridized carbons (Fsp3) is 0.538. The quantitative estimate of drug-likeness (QED) is 0.833. The fourth-order valence-corrected chi connectivity index (χ4v) is 2.76. The van der Waals surface area contributed by atoms with Gasteiger partial charge in [-0.3, -0.25) is 4.68 Å². The Balaban J connectivity index is 2.25. The van der Waals surface area contributed by atoms with Crippen molar-refractivity contribution in [2.24, 2.45) is 0 Å². The average Bonchev–Trinajstić information content (AvgIpc) is 2.84. The molecule has 0 radical (unpaired) electrons. The van der Waals surface area contributed by atoms with Crippen molar-refractivity contribution in [3.8, 4) is 0 Å². The highest BCUT2D eigenvalue weighted by Gasteiger charge is 2.09. The lowest BCUT2D eigenvalue weighted by atomic mass is 10.3. The van der Waals surface area contributed by atoms with Crippen LogP contribution in [-0.2, 0) is 19.4 Å². The van der Waals surface area contributed by atoms with E-state index in [-0.39, 0.29) is 0 Å². The summed E-state index contributed by atoms with van der Waals surface area (Å²) >= 11 is 1.77. The van der Waals surface area contributed by atoms with Crippen molar-refractivity contribution < 1.29 is 0 Å². The van der Waals surface area contributed by atoms with Crippen LogP contribution in [0.2, 0.25) is 0 Å². The van der Waals surface area contributed by atoms with Gasteiger partial charge in [0.25, 0.3) is 0 Å². The van der Waals surface area contributed by atoms with E-state index in [0.29, 0.717) is 0 Å². The molecule has 2 heterocycles. The molecule has 0 fully saturated rings. The van der Waals surface area contributed by atoms with Gasteiger partial charge in [-0.25, -0.2) is 4.98 Å². The number of aryl methyl sites for hydroxylation is 4. The third-order valence-electron chi connectivity index (χ3n) is 3.00. The molecule has 0 unspecified atom stereocenters. The second-order valence-corrected chi connectivity index (χ2v) is 5.53. The number of hydrogen-bond donors (Lipinski definition) is 0. The van der Waals surface area contributed by atoms with E-state index in [1.807, 2.05) is 0 Å². The standard InChI is InChI=1S/C13H19N3S/c1-5-11-7-12(6-2)16(15-11)8-13-14-9(3)10(4)17-13/h7H,5-6,8H2,1-4H3. The van der Waals surface area contributed by atoms with Crippen LogP contribution in [0.1, 0.15) is 40.8 Å². The third kappa shape index (κ3) is 2.57. The van der Waals surface area contributed by atoms with E-state index < -0.39 is 0 Å². The first-order valence-corrected chi connectivity index (χ1v) is 6.94. The summed E-state index contributed by atoms with van der Waals surface area (Å²) in [5.74, 6) is 0. The lowest BCUT2D eigenvalue weighted by Gasteiger charge is -2.02. The summed E-state index contributed by atoms with van der Waals surface area (Å²) in [5, 5.41) is 5.77. The van der Waals surface area contributed by atoms with Gasteiger partial charge < -0.3 is 0 Å². The average molecular weight is 249 g/mol. The molecule has 2 aromatic rings. The molecule has 3 nitrogen and oxygen atoms in total. The summed E-state index contributed by atoms with van der Waals surface area (Å²) in [7, 11) is 0. The monoisotopic (exact) mass is 249 g/mol. The zero-order valence-electron chi connectivity index (χ0n) is 10.9. The van der Waals surface area contributed by atoms with E-state index >= 15 is 0 Å². The Morgan fingerprint density at radius 1 is 1.24 bits per heavy atom. The van der Waals surface area contributed by atoms with Gasteiger partial charge in [-0.1, -0.05) is 13.8 Å². The van der Waals surface area contributed by atoms with Gasteiger partial charge in [-0.05, 0) is 32.8 Å². The van der Waals surface area contributed by atoms with E-state index in [1.165, 1.54) is 16.3 Å². The molecule has 0 N–H and O–H groups in total. The summed E-state index contributed by atoms with van der Waals surface area (Å²) in [5.41, 5.74) is 3.62. The van der Waals surface area contributed by atoms with Crippen LogP contribution in [-0.4, -0.2) is 14.8 Å². The molecule has 2 rings (SSSR count). The normalized spacial score (nSPS) is 11.1. The fourth-order valence-electron chi connectivity index (χ4n) is 1.84. The minimum atomic E-state index is 0.808. The van der Waals surface area contributed by atoms with Gasteiger partial charge in [0.1, 0.15) is 5.01 Å². The second-order valence-electron chi connectivity index (χ2n) is 4.24. The molecule has 0 atom stereocenters. The third-order valence-corrected chi connectivity index (χ3v) is 4.05. The van der Waals surface area contributed by atoms with Crippen molar-refractivity contribution in [2.45, 2.75) is 47.1 Å². The zero-order valence-corrected chi connectivity index (χ0v) is 11.8. The van der Waals surface area contributed by atoms with Crippen molar-refractivity contribution in [2.75, 3.05) is 0 Å². The maximum Gasteiger partial charge on any atom is 0.115 e. The number of nitrogens with zero attached hydrogens (tertiary/aromatic N) is 3. The number of rotatable bonds is 4. The highest BCUT2D eigenvalue weighted by molar-refractivity contribution is 7.11. The number of hydrogen-bond acceptors (Lipinski definition) is 3. The minimum absolute atomic E-state index is 0.808. The maximum atomic E-state index is 4.62. The molecule has 92 valence electrons. The van der Waals surface area contributed by atoms with E-state index in [1.54, 1.807) is 11.3 Å². The molecule has 4 heteroatoms. The molecular formula is C13H19N3S. The Kier molecular flexibility index (Phi) is 3.62. The molecule has 0 saturated carbocycles. The zero-order chi connectivity index (χ0) is 12.4. The molecule has 0 aliphatic carbocycles. The lowest BCUT2D eigenvalue weighted by molar-refractivity contribution is 0.637. The molecule has 2 aromatic heterocycles. The summed E-state index contributed by atoms with van der Waals surface area (Å²) in [4.78, 5) is 5.88. The Morgan fingerprint density at radius 3 is 2.53 bits per heavy atom. The largest absolute Gasteiger partial charge is 0.262 e. The SMILES string of the molecule is CCc1cc(CC)n(Cc2nc(C)c(C)s2)n1. The summed E-state index contributed by atoms with van der Waals surface area (Å²) < 4.78 is 2.09. The first-order chi connectivity index (χ1) is 8.13. The minimum Gasteiger partial charge on any atom is -0.262 e. The van der Waals surface area contributed by atoms with E-state index in [0.717, 1.165) is 30.1 Å². The second kappa shape index (κ2) is 5.00. The van der Waals surface area contributed by atoms with Crippen molar-refractivity contribution in [1.29, 1.82) is 0 Å². The van der Waals surface area contributed by atoms with Crippen LogP contribution in [0.25, 0.3) is 0 Å². The maximum absolute atomic E-state index is 4.62. The predicted molar refractivity (Wildman–Crippen MR) is 71.7 cm³/mol. The Morgan fingerprint density at radius 2 is 2.00 bits per heavy atom. The predicted octanol–water partition coefficient (Wildman–Crippen LogP) is 3.13. The summed E-state index contributed by atoms with van der Waals surface area (Å²) in [6.45, 7) is 9.31. The van der Waals surface area contributed by atoms with Gasteiger partial charge in [0, 0.05) is 10.6 Å². The summed E-state index contributed by atoms with van der Waals surface area (Å²) in [6, 6.07) is 2.20. The molecule has 0 amide bonds. The van der Waals surface area contributed by atoms with Gasteiger partial charge in [-0.15, -0.1) is 11.3 Å². The topological polar surface area (TPSA) is 30.7 Å². The van der Waals surface area contributed by atoms with E-state index in [2.05, 4.69) is 48.5 Å². The smallest absolute Gasteiger partial charge is 0.115 e. The van der Waals surface area contributed by atoms with Crippen LogP contribution in [0.5, 0.6) is 0 Å². The van der Waals surface area contributed by atoms with Crippen LogP contribution in [0.15, 0.2) is 6.07 Å². The Labute approximate surface area is 107 Å². The van der Waals surface area contributed by atoms with Crippen LogP contribution in [0, 0.1) is 13.8 Å². The Hall–Kier alpha value is -1.16. The van der Waals surface area contributed by atoms with Crippen LogP contribution in [0.4, 0.5) is 0 Å². The van der Waals surface area contributed by atoms with Crippen LogP contribution in [0.3, 0.4) is 0 Å². The lowest BCUT2D eigenvalue weighted by Crippen LogP contribution is -2.05. The van der Waals surface area contributed by atoms with Gasteiger partial charge >= 0.3 is 0 Å². The van der Waals surface area contributed by atoms with Gasteiger partial charge in [-0.2, -0.15) is 5.10 Å². The van der Waals surface area contributed by atoms with E-state index in [9.17, 15) is 0 Å². The van der Waals surface area contributed by atoms with Crippen molar-refractivity contribution in [3.05, 3.63) is 33.0 Å². The number of aromatic nitrogens is 3. The molecule has 0 aliphatic rings. The highest BCUT2D eigenvalue weighted by atomic mass is 32.1. The molecular weight excluding hydrogens is 230 g/mol. The first-order valence-electron chi connectivity index (χ1n) is 6.12. The van der Waals surface area contributed by atoms with Gasteiger partial charge in [0.15, 0.2) is 0 Å². The molecule has 0 aromatic carbocycles. The van der Waals surface area contributed by atoms with Crippen LogP contribution < -0.4 is 0 Å². The molecule has 17 heavy (non-hydrogen) atoms. The van der Waals surface area contributed by atoms with E-state index in [4.69, 9.17) is 0 Å². The van der Waals surface area contributed by atoms with Crippen molar-refractivity contribution >= 4 is 11.3 Å². The number of thiazole rings is 1. The molecule has 0 saturated heterocycles. The Bertz CT molecular complexity index is 491. The van der Waals surface area contributed by atoms with Crippen LogP contribution >= 0.6 is 11.3 Å². The van der Waals surface area contributed by atoms with Crippen molar-refractivity contribution in [1.82, 2.24) is 14.8 Å². The molecule has 0 spiro atoms. The molecule has 0 bridgehead atoms. The highest BCUT2D eigenvalue weighted by Crippen LogP contribution is 2.18. The first kappa shape index (κ1) is 12.3. The van der Waals surface area contributed by atoms with Gasteiger partial charge in [0.05, 0.1) is 17.9 Å². The molecule has 0 aliphatic heterocycles. The summed E-state index contributed by atoms with van der Waals surface area (Å²) in [6.07, 6.45) is 2.02. The van der Waals surface area contributed by atoms with Gasteiger partial charge in [0.2, 0.25) is 0 Å².